The number of pyridine rings is 1. The molecule has 21 heavy (non-hydrogen) atoms. The molecule has 4 nitrogen and oxygen atoms in total. The lowest BCUT2D eigenvalue weighted by Gasteiger charge is -2.27. The lowest BCUT2D eigenvalue weighted by molar-refractivity contribution is 0.324. The largest absolute Gasteiger partial charge is 0.312 e. The van der Waals surface area contributed by atoms with E-state index in [4.69, 9.17) is 0 Å². The lowest BCUT2D eigenvalue weighted by atomic mass is 10.2. The van der Waals surface area contributed by atoms with Crippen molar-refractivity contribution in [3.05, 3.63) is 59.9 Å². The fourth-order valence-electron chi connectivity index (χ4n) is 2.42. The molecule has 0 aliphatic carbocycles. The first kappa shape index (κ1) is 12.1. The average Bonchev–Trinajstić information content (AvgIpc) is 2.84. The third-order valence-corrected chi connectivity index (χ3v) is 3.67. The zero-order valence-corrected chi connectivity index (χ0v) is 11.5. The van der Waals surface area contributed by atoms with Crippen molar-refractivity contribution in [1.82, 2.24) is 20.1 Å². The molecule has 1 aliphatic rings. The molecular weight excluding hydrogens is 260 g/mol. The van der Waals surface area contributed by atoms with Crippen molar-refractivity contribution in [2.24, 2.45) is 0 Å². The van der Waals surface area contributed by atoms with Crippen LogP contribution in [-0.2, 0) is 0 Å². The molecule has 4 heteroatoms. The summed E-state index contributed by atoms with van der Waals surface area (Å²) in [5.41, 5.74) is 2.71. The van der Waals surface area contributed by atoms with Gasteiger partial charge in [-0.2, -0.15) is 5.10 Å². The van der Waals surface area contributed by atoms with Crippen molar-refractivity contribution in [2.75, 3.05) is 13.1 Å². The summed E-state index contributed by atoms with van der Waals surface area (Å²) in [5, 5.41) is 8.95. The number of nitrogens with one attached hydrogen (secondary N) is 1. The highest BCUT2D eigenvalue weighted by atomic mass is 15.4. The monoisotopic (exact) mass is 274 g/mol. The summed E-state index contributed by atoms with van der Waals surface area (Å²) in [6.07, 6.45) is 1.81. The second-order valence-electron chi connectivity index (χ2n) is 5.10. The first-order chi connectivity index (χ1) is 10.4. The Morgan fingerprint density at radius 1 is 1.05 bits per heavy atom. The van der Waals surface area contributed by atoms with Gasteiger partial charge in [0.15, 0.2) is 5.65 Å². The molecule has 1 aromatic carbocycles. The number of hydrogen-bond acceptors (Lipinski definition) is 3. The normalized spacial score (nSPS) is 14.5. The van der Waals surface area contributed by atoms with Gasteiger partial charge in [0.25, 0.3) is 0 Å². The molecule has 0 radical (unpaired) electrons. The van der Waals surface area contributed by atoms with E-state index < -0.39 is 0 Å². The van der Waals surface area contributed by atoms with Crippen molar-refractivity contribution in [2.45, 2.75) is 6.04 Å². The molecule has 1 fully saturated rings. The second kappa shape index (κ2) is 5.04. The van der Waals surface area contributed by atoms with Crippen LogP contribution < -0.4 is 5.32 Å². The van der Waals surface area contributed by atoms with E-state index in [0.29, 0.717) is 6.04 Å². The summed E-state index contributed by atoms with van der Waals surface area (Å²) in [6.45, 7) is 1.89. The Morgan fingerprint density at radius 3 is 2.67 bits per heavy atom. The molecule has 1 saturated heterocycles. The smallest absolute Gasteiger partial charge is 0.159 e. The Kier molecular flexibility index (Phi) is 2.91. The second-order valence-corrected chi connectivity index (χ2v) is 5.10. The Labute approximate surface area is 122 Å². The number of fused-ring (bicyclic) bond motifs is 1. The van der Waals surface area contributed by atoms with E-state index in [2.05, 4.69) is 27.2 Å². The third-order valence-electron chi connectivity index (χ3n) is 3.67. The van der Waals surface area contributed by atoms with Crippen molar-refractivity contribution in [1.29, 1.82) is 0 Å². The first-order valence-electron chi connectivity index (χ1n) is 7.03. The van der Waals surface area contributed by atoms with Gasteiger partial charge in [-0.05, 0) is 30.2 Å². The SMILES string of the molecule is C(#Cc1nn(C2CNC2)c2ncccc12)c1ccccc1. The van der Waals surface area contributed by atoms with Gasteiger partial charge in [-0.3, -0.25) is 0 Å². The topological polar surface area (TPSA) is 42.7 Å². The molecule has 0 spiro atoms. The van der Waals surface area contributed by atoms with Crippen molar-refractivity contribution in [3.8, 4) is 11.8 Å². The van der Waals surface area contributed by atoms with Gasteiger partial charge in [0, 0.05) is 24.8 Å². The molecule has 3 heterocycles. The molecule has 0 atom stereocenters. The summed E-state index contributed by atoms with van der Waals surface area (Å²) in [6, 6.07) is 14.3. The van der Waals surface area contributed by atoms with Crippen molar-refractivity contribution >= 4 is 11.0 Å². The fourth-order valence-corrected chi connectivity index (χ4v) is 2.42. The fraction of sp³-hybridized carbons (Fsp3) is 0.176. The highest BCUT2D eigenvalue weighted by molar-refractivity contribution is 5.81. The summed E-state index contributed by atoms with van der Waals surface area (Å²) in [4.78, 5) is 4.46. The van der Waals surface area contributed by atoms with E-state index in [9.17, 15) is 0 Å². The molecule has 4 rings (SSSR count). The molecule has 2 aromatic heterocycles. The zero-order valence-electron chi connectivity index (χ0n) is 11.5. The quantitative estimate of drug-likeness (QED) is 0.690. The van der Waals surface area contributed by atoms with Crippen LogP contribution in [0, 0.1) is 11.8 Å². The molecule has 1 N–H and O–H groups in total. The maximum absolute atomic E-state index is 4.67. The Hall–Kier alpha value is -2.64. The average molecular weight is 274 g/mol. The van der Waals surface area contributed by atoms with E-state index in [-0.39, 0.29) is 0 Å². The van der Waals surface area contributed by atoms with Gasteiger partial charge in [0.1, 0.15) is 5.69 Å². The molecule has 0 amide bonds. The number of rotatable bonds is 1. The molecule has 3 aromatic rings. The molecule has 102 valence electrons. The highest BCUT2D eigenvalue weighted by Gasteiger charge is 2.23. The highest BCUT2D eigenvalue weighted by Crippen LogP contribution is 2.21. The minimum atomic E-state index is 0.384. The maximum Gasteiger partial charge on any atom is 0.159 e. The van der Waals surface area contributed by atoms with Crippen molar-refractivity contribution in [3.63, 3.8) is 0 Å². The maximum atomic E-state index is 4.67. The molecule has 0 unspecified atom stereocenters. The van der Waals surface area contributed by atoms with Crippen LogP contribution in [0.2, 0.25) is 0 Å². The molecule has 0 saturated carbocycles. The van der Waals surface area contributed by atoms with E-state index in [1.165, 1.54) is 0 Å². The number of aromatic nitrogens is 3. The van der Waals surface area contributed by atoms with Gasteiger partial charge < -0.3 is 5.32 Å². The summed E-state index contributed by atoms with van der Waals surface area (Å²) < 4.78 is 2.00. The number of nitrogens with zero attached hydrogens (tertiary/aromatic N) is 3. The molecular formula is C17H14N4. The molecule has 0 bridgehead atoms. The first-order valence-corrected chi connectivity index (χ1v) is 7.03. The lowest BCUT2D eigenvalue weighted by Crippen LogP contribution is -2.43. The van der Waals surface area contributed by atoms with E-state index in [0.717, 1.165) is 35.4 Å². The van der Waals surface area contributed by atoms with E-state index >= 15 is 0 Å². The number of benzene rings is 1. The molecule has 1 aliphatic heterocycles. The van der Waals surface area contributed by atoms with Gasteiger partial charge >= 0.3 is 0 Å². The third kappa shape index (κ3) is 2.18. The van der Waals surface area contributed by atoms with Crippen LogP contribution in [0.5, 0.6) is 0 Å². The Balaban J connectivity index is 1.80. The van der Waals surface area contributed by atoms with Crippen LogP contribution in [0.25, 0.3) is 11.0 Å². The zero-order chi connectivity index (χ0) is 14.1. The van der Waals surface area contributed by atoms with Gasteiger partial charge in [-0.25, -0.2) is 9.67 Å². The minimum absolute atomic E-state index is 0.384. The van der Waals surface area contributed by atoms with Crippen LogP contribution in [0.4, 0.5) is 0 Å². The van der Waals surface area contributed by atoms with E-state index in [1.54, 1.807) is 6.20 Å². The van der Waals surface area contributed by atoms with E-state index in [1.807, 2.05) is 47.1 Å². The minimum Gasteiger partial charge on any atom is -0.312 e. The van der Waals surface area contributed by atoms with Crippen LogP contribution >= 0.6 is 0 Å². The number of hydrogen-bond donors (Lipinski definition) is 1. The predicted octanol–water partition coefficient (Wildman–Crippen LogP) is 1.98. The van der Waals surface area contributed by atoms with Crippen molar-refractivity contribution < 1.29 is 0 Å². The Morgan fingerprint density at radius 2 is 1.90 bits per heavy atom. The van der Waals surface area contributed by atoms with Crippen LogP contribution in [0.3, 0.4) is 0 Å². The van der Waals surface area contributed by atoms with Crippen LogP contribution in [-0.4, -0.2) is 27.9 Å². The summed E-state index contributed by atoms with van der Waals surface area (Å²) >= 11 is 0. The summed E-state index contributed by atoms with van der Waals surface area (Å²) in [5.74, 6) is 6.36. The summed E-state index contributed by atoms with van der Waals surface area (Å²) in [7, 11) is 0. The predicted molar refractivity (Wildman–Crippen MR) is 81.9 cm³/mol. The standard InChI is InChI=1S/C17H14N4/c1-2-5-13(6-3-1)8-9-16-15-7-4-10-19-17(15)21(20-16)14-11-18-12-14/h1-7,10,14,18H,11-12H2. The van der Waals surface area contributed by atoms with Gasteiger partial charge in [-0.1, -0.05) is 24.1 Å². The van der Waals surface area contributed by atoms with Gasteiger partial charge in [-0.15, -0.1) is 0 Å². The Bertz CT molecular complexity index is 835. The van der Waals surface area contributed by atoms with Crippen LogP contribution in [0.15, 0.2) is 48.7 Å². The van der Waals surface area contributed by atoms with Crippen LogP contribution in [0.1, 0.15) is 17.3 Å². The van der Waals surface area contributed by atoms with Gasteiger partial charge in [0.2, 0.25) is 0 Å². The van der Waals surface area contributed by atoms with Gasteiger partial charge in [0.05, 0.1) is 11.4 Å².